The number of rotatable bonds is 4. The number of para-hydroxylation sites is 1. The zero-order valence-corrected chi connectivity index (χ0v) is 18.0. The van der Waals surface area contributed by atoms with E-state index in [1.165, 1.54) is 0 Å². The molecule has 0 radical (unpaired) electrons. The van der Waals surface area contributed by atoms with E-state index >= 15 is 0 Å². The highest BCUT2D eigenvalue weighted by molar-refractivity contribution is 6.33. The molecule has 1 saturated carbocycles. The average Bonchev–Trinajstić information content (AvgIpc) is 2.78. The lowest BCUT2D eigenvalue weighted by Crippen LogP contribution is -2.39. The Morgan fingerprint density at radius 2 is 1.81 bits per heavy atom. The predicted octanol–water partition coefficient (Wildman–Crippen LogP) is 5.90. The van der Waals surface area contributed by atoms with Crippen LogP contribution in [0.3, 0.4) is 0 Å². The van der Waals surface area contributed by atoms with Crippen molar-refractivity contribution < 1.29 is 18.0 Å². The predicted molar refractivity (Wildman–Crippen MR) is 118 cm³/mol. The lowest BCUT2D eigenvalue weighted by molar-refractivity contribution is -0.137. The molecule has 0 aliphatic heterocycles. The summed E-state index contributed by atoms with van der Waals surface area (Å²) in [5.74, 6) is -0.361. The highest BCUT2D eigenvalue weighted by Gasteiger charge is 2.32. The number of pyridine rings is 1. The van der Waals surface area contributed by atoms with Gasteiger partial charge < -0.3 is 11.1 Å². The largest absolute Gasteiger partial charge is 0.416 e. The van der Waals surface area contributed by atoms with Crippen molar-refractivity contribution in [3.8, 4) is 0 Å². The van der Waals surface area contributed by atoms with E-state index in [9.17, 15) is 18.0 Å². The number of hydrogen-bond donors (Lipinski definition) is 2. The molecule has 168 valence electrons. The van der Waals surface area contributed by atoms with Gasteiger partial charge in [0.1, 0.15) is 0 Å². The molecule has 8 heteroatoms. The summed E-state index contributed by atoms with van der Waals surface area (Å²) < 4.78 is 39.0. The number of halogens is 4. The normalized spacial score (nSPS) is 20.2. The third-order valence-corrected chi connectivity index (χ3v) is 6.51. The summed E-state index contributed by atoms with van der Waals surface area (Å²) in [6.07, 6.45) is 0.198. The molecule has 4 nitrogen and oxygen atoms in total. The fraction of sp³-hybridized carbons (Fsp3) is 0.333. The Balaban J connectivity index is 1.40. The summed E-state index contributed by atoms with van der Waals surface area (Å²) in [4.78, 5) is 17.1. The number of nitrogens with zero attached hydrogens (tertiary/aromatic N) is 1. The fourth-order valence-electron chi connectivity index (χ4n) is 4.41. The molecule has 3 aromatic rings. The average molecular weight is 462 g/mol. The standard InChI is InChI=1S/C24H23ClF3N3O/c25-20-11-8-16(24(26,27)28)13-19(20)23(32)31-17-9-6-14(7-10-17)21(29)18-5-1-3-15-4-2-12-30-22(15)18/h1-5,8,11-14,17,21H,6-7,9-10,29H2,(H,31,32). The minimum Gasteiger partial charge on any atom is -0.349 e. The van der Waals surface area contributed by atoms with Crippen LogP contribution in [0.15, 0.2) is 54.7 Å². The molecule has 2 aromatic carbocycles. The molecule has 32 heavy (non-hydrogen) atoms. The molecule has 1 aromatic heterocycles. The first kappa shape index (κ1) is 22.6. The van der Waals surface area contributed by atoms with Gasteiger partial charge in [-0.1, -0.05) is 35.9 Å². The number of nitrogens with one attached hydrogen (secondary N) is 1. The molecule has 3 N–H and O–H groups in total. The van der Waals surface area contributed by atoms with E-state index in [2.05, 4.69) is 10.3 Å². The molecule has 4 rings (SSSR count). The molecule has 1 amide bonds. The second-order valence-corrected chi connectivity index (χ2v) is 8.63. The molecular formula is C24H23ClF3N3O. The smallest absolute Gasteiger partial charge is 0.349 e. The number of fused-ring (bicyclic) bond motifs is 1. The molecule has 1 heterocycles. The zero-order valence-electron chi connectivity index (χ0n) is 17.2. The van der Waals surface area contributed by atoms with Crippen molar-refractivity contribution in [1.82, 2.24) is 10.3 Å². The van der Waals surface area contributed by atoms with Gasteiger partial charge in [0.2, 0.25) is 0 Å². The van der Waals surface area contributed by atoms with E-state index in [0.29, 0.717) is 12.8 Å². The third-order valence-electron chi connectivity index (χ3n) is 6.18. The molecule has 1 aliphatic rings. The Bertz CT molecular complexity index is 1120. The van der Waals surface area contributed by atoms with E-state index in [1.54, 1.807) is 6.20 Å². The molecule has 0 saturated heterocycles. The van der Waals surface area contributed by atoms with E-state index < -0.39 is 17.6 Å². The van der Waals surface area contributed by atoms with E-state index in [1.807, 2.05) is 30.3 Å². The van der Waals surface area contributed by atoms with Crippen molar-refractivity contribution in [3.05, 3.63) is 76.4 Å². The monoisotopic (exact) mass is 461 g/mol. The van der Waals surface area contributed by atoms with Gasteiger partial charge in [-0.3, -0.25) is 9.78 Å². The third kappa shape index (κ3) is 4.74. The number of nitrogens with two attached hydrogens (primary N) is 1. The van der Waals surface area contributed by atoms with Crippen molar-refractivity contribution >= 4 is 28.4 Å². The lowest BCUT2D eigenvalue weighted by Gasteiger charge is -2.33. The van der Waals surface area contributed by atoms with E-state index in [4.69, 9.17) is 17.3 Å². The Morgan fingerprint density at radius 1 is 1.09 bits per heavy atom. The summed E-state index contributed by atoms with van der Waals surface area (Å²) in [5, 5.41) is 3.88. The second kappa shape index (κ2) is 9.08. The van der Waals surface area contributed by atoms with Gasteiger partial charge in [-0.2, -0.15) is 13.2 Å². The molecule has 0 spiro atoms. The van der Waals surface area contributed by atoms with Crippen molar-refractivity contribution in [2.75, 3.05) is 0 Å². The van der Waals surface area contributed by atoms with Crippen molar-refractivity contribution in [2.45, 2.75) is 43.9 Å². The van der Waals surface area contributed by atoms with Gasteiger partial charge in [0.05, 0.1) is 21.7 Å². The van der Waals surface area contributed by atoms with Gasteiger partial charge >= 0.3 is 6.18 Å². The zero-order chi connectivity index (χ0) is 22.9. The number of alkyl halides is 3. The van der Waals surface area contributed by atoms with Crippen molar-refractivity contribution in [1.29, 1.82) is 0 Å². The summed E-state index contributed by atoms with van der Waals surface area (Å²) >= 11 is 5.99. The van der Waals surface area contributed by atoms with Crippen LogP contribution in [0.1, 0.15) is 53.2 Å². The maximum Gasteiger partial charge on any atom is 0.416 e. The van der Waals surface area contributed by atoms with Gasteiger partial charge in [0.15, 0.2) is 0 Å². The highest BCUT2D eigenvalue weighted by Crippen LogP contribution is 2.36. The molecule has 1 aliphatic carbocycles. The van der Waals surface area contributed by atoms with Crippen LogP contribution in [0, 0.1) is 5.92 Å². The molecular weight excluding hydrogens is 439 g/mol. The number of aromatic nitrogens is 1. The van der Waals surface area contributed by atoms with Crippen LogP contribution >= 0.6 is 11.6 Å². The van der Waals surface area contributed by atoms with Crippen LogP contribution in [0.5, 0.6) is 0 Å². The van der Waals surface area contributed by atoms with Crippen LogP contribution in [0.2, 0.25) is 5.02 Å². The Morgan fingerprint density at radius 3 is 2.53 bits per heavy atom. The molecule has 1 unspecified atom stereocenters. The van der Waals surface area contributed by atoms with Crippen LogP contribution in [0.25, 0.3) is 10.9 Å². The van der Waals surface area contributed by atoms with E-state index in [0.717, 1.165) is 47.5 Å². The first-order valence-corrected chi connectivity index (χ1v) is 10.9. The lowest BCUT2D eigenvalue weighted by atomic mass is 9.79. The van der Waals surface area contributed by atoms with Crippen LogP contribution < -0.4 is 11.1 Å². The summed E-state index contributed by atoms with van der Waals surface area (Å²) in [7, 11) is 0. The fourth-order valence-corrected chi connectivity index (χ4v) is 4.62. The minimum absolute atomic E-state index is 0.00494. The summed E-state index contributed by atoms with van der Waals surface area (Å²) in [6.45, 7) is 0. The van der Waals surface area contributed by atoms with Gasteiger partial charge in [-0.25, -0.2) is 0 Å². The molecule has 1 fully saturated rings. The quantitative estimate of drug-likeness (QED) is 0.508. The summed E-state index contributed by atoms with van der Waals surface area (Å²) in [5.41, 5.74) is 7.44. The second-order valence-electron chi connectivity index (χ2n) is 8.23. The van der Waals surface area contributed by atoms with Gasteiger partial charge in [0.25, 0.3) is 5.91 Å². The highest BCUT2D eigenvalue weighted by atomic mass is 35.5. The molecule has 1 atom stereocenters. The number of benzene rings is 2. The van der Waals surface area contributed by atoms with Gasteiger partial charge in [-0.05, 0) is 61.4 Å². The van der Waals surface area contributed by atoms with Crippen molar-refractivity contribution in [2.24, 2.45) is 11.7 Å². The van der Waals surface area contributed by atoms with E-state index in [-0.39, 0.29) is 28.6 Å². The maximum atomic E-state index is 13.0. The number of hydrogen-bond acceptors (Lipinski definition) is 3. The van der Waals surface area contributed by atoms with Crippen LogP contribution in [-0.4, -0.2) is 16.9 Å². The topological polar surface area (TPSA) is 68.0 Å². The Hall–Kier alpha value is -2.64. The van der Waals surface area contributed by atoms with Crippen LogP contribution in [-0.2, 0) is 6.18 Å². The van der Waals surface area contributed by atoms with Gasteiger partial charge in [-0.15, -0.1) is 0 Å². The number of carbonyl (C=O) groups excluding carboxylic acids is 1. The SMILES string of the molecule is NC(c1cccc2cccnc12)C1CCC(NC(=O)c2cc(C(F)(F)F)ccc2Cl)CC1. The number of carbonyl (C=O) groups is 1. The summed E-state index contributed by atoms with van der Waals surface area (Å²) in [6, 6.07) is 12.3. The molecule has 0 bridgehead atoms. The first-order chi connectivity index (χ1) is 15.2. The Labute approximate surface area is 189 Å². The number of amides is 1. The van der Waals surface area contributed by atoms with Crippen LogP contribution in [0.4, 0.5) is 13.2 Å². The van der Waals surface area contributed by atoms with Gasteiger partial charge in [0, 0.05) is 23.7 Å². The first-order valence-electron chi connectivity index (χ1n) is 10.5. The Kier molecular flexibility index (Phi) is 6.40. The maximum absolute atomic E-state index is 13.0. The van der Waals surface area contributed by atoms with Crippen molar-refractivity contribution in [3.63, 3.8) is 0 Å². The minimum atomic E-state index is -4.54.